The summed E-state index contributed by atoms with van der Waals surface area (Å²) in [7, 11) is 0. The van der Waals surface area contributed by atoms with Crippen molar-refractivity contribution >= 4 is 5.91 Å². The van der Waals surface area contributed by atoms with E-state index in [1.165, 1.54) is 0 Å². The highest BCUT2D eigenvalue weighted by Gasteiger charge is 2.33. The molecule has 24 heavy (non-hydrogen) atoms. The van der Waals surface area contributed by atoms with Crippen molar-refractivity contribution in [2.45, 2.75) is 50.4 Å². The predicted molar refractivity (Wildman–Crippen MR) is 92.5 cm³/mol. The second kappa shape index (κ2) is 8.10. The third-order valence-electron chi connectivity index (χ3n) is 5.05. The van der Waals surface area contributed by atoms with Gasteiger partial charge in [-0.15, -0.1) is 0 Å². The number of carbonyl (C=O) groups is 1. The van der Waals surface area contributed by atoms with Gasteiger partial charge in [0.05, 0.1) is 6.10 Å². The molecule has 132 valence electrons. The van der Waals surface area contributed by atoms with E-state index in [1.807, 2.05) is 30.3 Å². The van der Waals surface area contributed by atoms with Gasteiger partial charge in [-0.25, -0.2) is 0 Å². The predicted octanol–water partition coefficient (Wildman–Crippen LogP) is 0.941. The number of hydrogen-bond donors (Lipinski definition) is 3. The van der Waals surface area contributed by atoms with E-state index in [2.05, 4.69) is 10.2 Å². The quantitative estimate of drug-likeness (QED) is 0.695. The van der Waals surface area contributed by atoms with Crippen LogP contribution in [0.15, 0.2) is 30.3 Å². The SMILES string of the molecule is O=C(NC1CC1)[C@@H](O)C1CCN(C[C@@H](O)Cc2ccccc2)CC1. The first-order chi connectivity index (χ1) is 11.6. The molecule has 1 aliphatic heterocycles. The van der Waals surface area contributed by atoms with Crippen molar-refractivity contribution in [3.05, 3.63) is 35.9 Å². The number of carbonyl (C=O) groups excluding carboxylic acids is 1. The summed E-state index contributed by atoms with van der Waals surface area (Å²) in [4.78, 5) is 14.2. The maximum atomic E-state index is 11.9. The van der Waals surface area contributed by atoms with E-state index in [9.17, 15) is 15.0 Å². The average molecular weight is 332 g/mol. The van der Waals surface area contributed by atoms with Crippen molar-refractivity contribution in [2.75, 3.05) is 19.6 Å². The van der Waals surface area contributed by atoms with Crippen LogP contribution in [0.3, 0.4) is 0 Å². The van der Waals surface area contributed by atoms with Gasteiger partial charge in [0, 0.05) is 12.6 Å². The lowest BCUT2D eigenvalue weighted by Gasteiger charge is -2.34. The van der Waals surface area contributed by atoms with Gasteiger partial charge in [-0.05, 0) is 56.7 Å². The molecule has 3 rings (SSSR count). The van der Waals surface area contributed by atoms with Crippen LogP contribution in [-0.2, 0) is 11.2 Å². The van der Waals surface area contributed by atoms with Crippen LogP contribution in [0, 0.1) is 5.92 Å². The lowest BCUT2D eigenvalue weighted by molar-refractivity contribution is -0.133. The Morgan fingerprint density at radius 3 is 2.42 bits per heavy atom. The van der Waals surface area contributed by atoms with Gasteiger partial charge < -0.3 is 20.4 Å². The fourth-order valence-electron chi connectivity index (χ4n) is 3.43. The van der Waals surface area contributed by atoms with Gasteiger partial charge in [-0.3, -0.25) is 4.79 Å². The maximum Gasteiger partial charge on any atom is 0.249 e. The van der Waals surface area contributed by atoms with Crippen LogP contribution in [-0.4, -0.2) is 58.9 Å². The Morgan fingerprint density at radius 2 is 1.79 bits per heavy atom. The molecule has 0 radical (unpaired) electrons. The van der Waals surface area contributed by atoms with Gasteiger partial charge in [0.2, 0.25) is 5.91 Å². The second-order valence-electron chi connectivity index (χ2n) is 7.21. The highest BCUT2D eigenvalue weighted by Crippen LogP contribution is 2.23. The van der Waals surface area contributed by atoms with E-state index in [-0.39, 0.29) is 17.9 Å². The van der Waals surface area contributed by atoms with E-state index < -0.39 is 6.10 Å². The molecule has 2 fully saturated rings. The molecule has 1 saturated heterocycles. The number of aliphatic hydroxyl groups excluding tert-OH is 2. The first-order valence-electron chi connectivity index (χ1n) is 9.04. The van der Waals surface area contributed by atoms with Crippen molar-refractivity contribution < 1.29 is 15.0 Å². The zero-order valence-electron chi connectivity index (χ0n) is 14.1. The Balaban J connectivity index is 1.39. The minimum atomic E-state index is -0.887. The molecule has 2 atom stereocenters. The summed E-state index contributed by atoms with van der Waals surface area (Å²) in [5.41, 5.74) is 1.15. The molecule has 0 aromatic heterocycles. The Hall–Kier alpha value is -1.43. The monoisotopic (exact) mass is 332 g/mol. The van der Waals surface area contributed by atoms with E-state index in [0.717, 1.165) is 44.3 Å². The van der Waals surface area contributed by atoms with Gasteiger partial charge in [0.1, 0.15) is 6.10 Å². The summed E-state index contributed by atoms with van der Waals surface area (Å²) in [5, 5.41) is 23.4. The molecule has 1 amide bonds. The number of β-amino-alcohol motifs (C(OH)–C–C–N with tert-alkyl or cyclic N) is 1. The summed E-state index contributed by atoms with van der Waals surface area (Å²) < 4.78 is 0. The summed E-state index contributed by atoms with van der Waals surface area (Å²) in [6.45, 7) is 2.29. The largest absolute Gasteiger partial charge is 0.391 e. The van der Waals surface area contributed by atoms with Crippen molar-refractivity contribution in [3.8, 4) is 0 Å². The van der Waals surface area contributed by atoms with Gasteiger partial charge in [0.15, 0.2) is 0 Å². The van der Waals surface area contributed by atoms with Gasteiger partial charge in [-0.2, -0.15) is 0 Å². The fourth-order valence-corrected chi connectivity index (χ4v) is 3.43. The van der Waals surface area contributed by atoms with Crippen LogP contribution in [0.25, 0.3) is 0 Å². The first kappa shape index (κ1) is 17.4. The minimum Gasteiger partial charge on any atom is -0.391 e. The topological polar surface area (TPSA) is 72.8 Å². The highest BCUT2D eigenvalue weighted by atomic mass is 16.3. The number of aliphatic hydroxyl groups is 2. The number of amides is 1. The third kappa shape index (κ3) is 5.03. The van der Waals surface area contributed by atoms with E-state index in [1.54, 1.807) is 0 Å². The van der Waals surface area contributed by atoms with Gasteiger partial charge in [0.25, 0.3) is 0 Å². The lowest BCUT2D eigenvalue weighted by Crippen LogP contribution is -2.46. The number of benzene rings is 1. The van der Waals surface area contributed by atoms with Crippen LogP contribution in [0.4, 0.5) is 0 Å². The molecule has 1 aliphatic carbocycles. The molecule has 0 bridgehead atoms. The minimum absolute atomic E-state index is 0.0336. The van der Waals surface area contributed by atoms with E-state index in [4.69, 9.17) is 0 Å². The van der Waals surface area contributed by atoms with Gasteiger partial charge >= 0.3 is 0 Å². The first-order valence-corrected chi connectivity index (χ1v) is 9.04. The third-order valence-corrected chi connectivity index (χ3v) is 5.05. The zero-order chi connectivity index (χ0) is 16.9. The molecule has 1 saturated carbocycles. The van der Waals surface area contributed by atoms with E-state index in [0.29, 0.717) is 19.0 Å². The molecule has 1 aromatic rings. The summed E-state index contributed by atoms with van der Waals surface area (Å²) in [5.74, 6) is -0.175. The van der Waals surface area contributed by atoms with Crippen LogP contribution in [0.5, 0.6) is 0 Å². The van der Waals surface area contributed by atoms with E-state index >= 15 is 0 Å². The number of nitrogens with zero attached hydrogens (tertiary/aromatic N) is 1. The smallest absolute Gasteiger partial charge is 0.249 e. The van der Waals surface area contributed by atoms with Crippen LogP contribution >= 0.6 is 0 Å². The standard InChI is InChI=1S/C19H28N2O3/c22-17(12-14-4-2-1-3-5-14)13-21-10-8-15(9-11-21)18(23)19(24)20-16-6-7-16/h1-5,15-18,22-23H,6-13H2,(H,20,24)/t17-,18-/m0/s1. The maximum absolute atomic E-state index is 11.9. The Morgan fingerprint density at radius 1 is 1.12 bits per heavy atom. The fraction of sp³-hybridized carbons (Fsp3) is 0.632. The van der Waals surface area contributed by atoms with Gasteiger partial charge in [-0.1, -0.05) is 30.3 Å². The molecule has 5 nitrogen and oxygen atoms in total. The average Bonchev–Trinajstić information content (AvgIpc) is 3.39. The zero-order valence-corrected chi connectivity index (χ0v) is 14.1. The summed E-state index contributed by atoms with van der Waals surface area (Å²) in [6.07, 6.45) is 3.07. The number of rotatable bonds is 7. The number of hydrogen-bond acceptors (Lipinski definition) is 4. The summed E-state index contributed by atoms with van der Waals surface area (Å²) in [6, 6.07) is 10.3. The molecule has 1 aromatic carbocycles. The van der Waals surface area contributed by atoms with Crippen molar-refractivity contribution in [1.29, 1.82) is 0 Å². The Bertz CT molecular complexity index is 525. The molecule has 0 unspecified atom stereocenters. The van der Waals surface area contributed by atoms with Crippen LogP contribution in [0.2, 0.25) is 0 Å². The molecular weight excluding hydrogens is 304 g/mol. The number of likely N-dealkylation sites (tertiary alicyclic amines) is 1. The lowest BCUT2D eigenvalue weighted by atomic mass is 9.90. The van der Waals surface area contributed by atoms with Crippen LogP contribution < -0.4 is 5.32 Å². The molecule has 5 heteroatoms. The molecule has 0 spiro atoms. The van der Waals surface area contributed by atoms with Crippen molar-refractivity contribution in [2.24, 2.45) is 5.92 Å². The molecule has 3 N–H and O–H groups in total. The molecule has 1 heterocycles. The van der Waals surface area contributed by atoms with Crippen molar-refractivity contribution in [1.82, 2.24) is 10.2 Å². The molecular formula is C19H28N2O3. The Kier molecular flexibility index (Phi) is 5.87. The molecule has 2 aliphatic rings. The number of piperidine rings is 1. The Labute approximate surface area is 143 Å². The number of nitrogens with one attached hydrogen (secondary N) is 1. The summed E-state index contributed by atoms with van der Waals surface area (Å²) >= 11 is 0. The highest BCUT2D eigenvalue weighted by molar-refractivity contribution is 5.81. The van der Waals surface area contributed by atoms with Crippen molar-refractivity contribution in [3.63, 3.8) is 0 Å². The second-order valence-corrected chi connectivity index (χ2v) is 7.21. The van der Waals surface area contributed by atoms with Crippen LogP contribution in [0.1, 0.15) is 31.2 Å². The normalized spacial score (nSPS) is 22.1.